The summed E-state index contributed by atoms with van der Waals surface area (Å²) in [5, 5.41) is 11.1. The highest BCUT2D eigenvalue weighted by Gasteiger charge is 2.38. The minimum atomic E-state index is -1.36. The van der Waals surface area contributed by atoms with Gasteiger partial charge >= 0.3 is 12.0 Å². The van der Waals surface area contributed by atoms with Crippen LogP contribution in [0.3, 0.4) is 0 Å². The van der Waals surface area contributed by atoms with Crippen molar-refractivity contribution in [2.45, 2.75) is 19.4 Å². The first-order chi connectivity index (χ1) is 9.81. The van der Waals surface area contributed by atoms with E-state index in [0.29, 0.717) is 12.1 Å². The second kappa shape index (κ2) is 5.63. The van der Waals surface area contributed by atoms with Crippen molar-refractivity contribution in [3.05, 3.63) is 29.6 Å². The van der Waals surface area contributed by atoms with Gasteiger partial charge in [0.05, 0.1) is 11.6 Å². The van der Waals surface area contributed by atoms with Crippen molar-refractivity contribution >= 4 is 17.7 Å². The molecule has 1 fully saturated rings. The molecular formula is C13H13F3N2O3. The molecule has 1 aromatic carbocycles. The van der Waals surface area contributed by atoms with Crippen LogP contribution < -0.4 is 5.32 Å². The molecule has 0 radical (unpaired) electrons. The molecule has 2 atom stereocenters. The SMILES string of the molecule is CC1C(C(=O)O)CCN1C(=O)Nc1cc(F)c(F)cc1F. The third-order valence-corrected chi connectivity index (χ3v) is 3.58. The smallest absolute Gasteiger partial charge is 0.322 e. The van der Waals surface area contributed by atoms with Crippen LogP contribution in [0.15, 0.2) is 12.1 Å². The topological polar surface area (TPSA) is 69.6 Å². The number of carboxylic acids is 1. The average Bonchev–Trinajstić information content (AvgIpc) is 2.78. The Labute approximate surface area is 118 Å². The fourth-order valence-corrected chi connectivity index (χ4v) is 2.36. The predicted molar refractivity (Wildman–Crippen MR) is 67.2 cm³/mol. The molecule has 114 valence electrons. The van der Waals surface area contributed by atoms with E-state index in [2.05, 4.69) is 5.32 Å². The Morgan fingerprint density at radius 3 is 2.43 bits per heavy atom. The van der Waals surface area contributed by atoms with Gasteiger partial charge in [0, 0.05) is 24.7 Å². The molecule has 1 aliphatic heterocycles. The van der Waals surface area contributed by atoms with Crippen LogP contribution in [0.1, 0.15) is 13.3 Å². The first-order valence-corrected chi connectivity index (χ1v) is 6.26. The Balaban J connectivity index is 2.12. The molecule has 2 unspecified atom stereocenters. The molecule has 0 aromatic heterocycles. The molecule has 0 spiro atoms. The minimum absolute atomic E-state index is 0.190. The number of nitrogens with one attached hydrogen (secondary N) is 1. The number of carboxylic acid groups (broad SMARTS) is 1. The third-order valence-electron chi connectivity index (χ3n) is 3.58. The Bertz CT molecular complexity index is 594. The summed E-state index contributed by atoms with van der Waals surface area (Å²) in [6.45, 7) is 1.75. The zero-order chi connectivity index (χ0) is 15.7. The molecule has 0 saturated carbocycles. The van der Waals surface area contributed by atoms with Gasteiger partial charge in [-0.1, -0.05) is 0 Å². The van der Waals surface area contributed by atoms with Gasteiger partial charge in [0.1, 0.15) is 5.82 Å². The molecule has 1 heterocycles. The molecule has 0 aliphatic carbocycles. The van der Waals surface area contributed by atoms with Crippen LogP contribution >= 0.6 is 0 Å². The lowest BCUT2D eigenvalue weighted by atomic mass is 10.0. The van der Waals surface area contributed by atoms with Crippen molar-refractivity contribution in [3.8, 4) is 0 Å². The number of hydrogen-bond donors (Lipinski definition) is 2. The number of carbonyl (C=O) groups is 2. The van der Waals surface area contributed by atoms with Crippen LogP contribution in [0, 0.1) is 23.4 Å². The van der Waals surface area contributed by atoms with Crippen molar-refractivity contribution in [1.82, 2.24) is 4.90 Å². The van der Waals surface area contributed by atoms with E-state index in [1.165, 1.54) is 4.90 Å². The first kappa shape index (κ1) is 15.1. The lowest BCUT2D eigenvalue weighted by Crippen LogP contribution is -2.40. The van der Waals surface area contributed by atoms with E-state index in [1.54, 1.807) is 6.92 Å². The maximum atomic E-state index is 13.4. The molecule has 1 aromatic rings. The molecule has 1 saturated heterocycles. The number of aliphatic carboxylic acids is 1. The maximum absolute atomic E-state index is 13.4. The van der Waals surface area contributed by atoms with E-state index in [4.69, 9.17) is 5.11 Å². The summed E-state index contributed by atoms with van der Waals surface area (Å²) in [6.07, 6.45) is 0.282. The molecule has 5 nitrogen and oxygen atoms in total. The molecule has 2 amide bonds. The summed E-state index contributed by atoms with van der Waals surface area (Å²) in [6, 6.07) is -0.455. The number of nitrogens with zero attached hydrogens (tertiary/aromatic N) is 1. The van der Waals surface area contributed by atoms with Crippen LogP contribution in [0.4, 0.5) is 23.7 Å². The summed E-state index contributed by atoms with van der Waals surface area (Å²) in [7, 11) is 0. The van der Waals surface area contributed by atoms with Gasteiger partial charge in [0.15, 0.2) is 11.6 Å². The number of hydrogen-bond acceptors (Lipinski definition) is 2. The Hall–Kier alpha value is -2.25. The summed E-state index contributed by atoms with van der Waals surface area (Å²) < 4.78 is 39.3. The number of benzene rings is 1. The monoisotopic (exact) mass is 302 g/mol. The predicted octanol–water partition coefficient (Wildman–Crippen LogP) is 2.43. The van der Waals surface area contributed by atoms with Crippen molar-refractivity contribution in [2.24, 2.45) is 5.92 Å². The van der Waals surface area contributed by atoms with Gasteiger partial charge in [0.25, 0.3) is 0 Å². The van der Waals surface area contributed by atoms with Crippen LogP contribution in [0.5, 0.6) is 0 Å². The van der Waals surface area contributed by atoms with Crippen molar-refractivity contribution in [2.75, 3.05) is 11.9 Å². The molecule has 0 bridgehead atoms. The Morgan fingerprint density at radius 1 is 1.24 bits per heavy atom. The van der Waals surface area contributed by atoms with Gasteiger partial charge in [0.2, 0.25) is 0 Å². The van der Waals surface area contributed by atoms with E-state index in [-0.39, 0.29) is 13.0 Å². The third kappa shape index (κ3) is 2.93. The lowest BCUT2D eigenvalue weighted by Gasteiger charge is -2.23. The highest BCUT2D eigenvalue weighted by atomic mass is 19.2. The second-order valence-electron chi connectivity index (χ2n) is 4.84. The number of rotatable bonds is 2. The average molecular weight is 302 g/mol. The second-order valence-corrected chi connectivity index (χ2v) is 4.84. The number of likely N-dealkylation sites (tertiary alicyclic amines) is 1. The van der Waals surface area contributed by atoms with Crippen LogP contribution in [-0.2, 0) is 4.79 Å². The van der Waals surface area contributed by atoms with Crippen LogP contribution in [0.25, 0.3) is 0 Å². The van der Waals surface area contributed by atoms with Crippen molar-refractivity contribution in [3.63, 3.8) is 0 Å². The minimum Gasteiger partial charge on any atom is -0.481 e. The van der Waals surface area contributed by atoms with E-state index in [9.17, 15) is 22.8 Å². The zero-order valence-electron chi connectivity index (χ0n) is 11.1. The standard InChI is InChI=1S/C13H13F3N2O3/c1-6-7(12(19)20)2-3-18(6)13(21)17-11-5-9(15)8(14)4-10(11)16/h4-7H,2-3H2,1H3,(H,17,21)(H,19,20). The number of urea groups is 1. The number of halogens is 3. The number of anilines is 1. The van der Waals surface area contributed by atoms with Crippen molar-refractivity contribution < 1.29 is 27.9 Å². The fraction of sp³-hybridized carbons (Fsp3) is 0.385. The summed E-state index contributed by atoms with van der Waals surface area (Å²) in [5.74, 6) is -5.47. The number of amides is 2. The maximum Gasteiger partial charge on any atom is 0.322 e. The highest BCUT2D eigenvalue weighted by molar-refractivity contribution is 5.90. The Kier molecular flexibility index (Phi) is 4.06. The highest BCUT2D eigenvalue weighted by Crippen LogP contribution is 2.26. The van der Waals surface area contributed by atoms with Crippen LogP contribution in [0.2, 0.25) is 0 Å². The van der Waals surface area contributed by atoms with Gasteiger partial charge in [-0.25, -0.2) is 18.0 Å². The van der Waals surface area contributed by atoms with E-state index in [1.807, 2.05) is 0 Å². The molecular weight excluding hydrogens is 289 g/mol. The summed E-state index contributed by atoms with van der Waals surface area (Å²) in [5.41, 5.74) is -0.495. The van der Waals surface area contributed by atoms with Gasteiger partial charge in [-0.3, -0.25) is 4.79 Å². The van der Waals surface area contributed by atoms with Gasteiger partial charge in [-0.2, -0.15) is 0 Å². The lowest BCUT2D eigenvalue weighted by molar-refractivity contribution is -0.142. The van der Waals surface area contributed by atoms with E-state index in [0.717, 1.165) is 0 Å². The number of carbonyl (C=O) groups excluding carboxylic acids is 1. The van der Waals surface area contributed by atoms with E-state index < -0.39 is 47.1 Å². The summed E-state index contributed by atoms with van der Waals surface area (Å²) in [4.78, 5) is 24.2. The summed E-state index contributed by atoms with van der Waals surface area (Å²) >= 11 is 0. The molecule has 2 N–H and O–H groups in total. The largest absolute Gasteiger partial charge is 0.481 e. The van der Waals surface area contributed by atoms with Crippen LogP contribution in [-0.4, -0.2) is 34.6 Å². The van der Waals surface area contributed by atoms with Gasteiger partial charge in [-0.05, 0) is 13.3 Å². The molecule has 21 heavy (non-hydrogen) atoms. The zero-order valence-corrected chi connectivity index (χ0v) is 11.1. The van der Waals surface area contributed by atoms with E-state index >= 15 is 0 Å². The first-order valence-electron chi connectivity index (χ1n) is 6.26. The molecule has 1 aliphatic rings. The molecule has 8 heteroatoms. The fourth-order valence-electron chi connectivity index (χ4n) is 2.36. The van der Waals surface area contributed by atoms with Gasteiger partial charge < -0.3 is 15.3 Å². The Morgan fingerprint density at radius 2 is 1.86 bits per heavy atom. The van der Waals surface area contributed by atoms with Gasteiger partial charge in [-0.15, -0.1) is 0 Å². The quantitative estimate of drug-likeness (QED) is 0.824. The van der Waals surface area contributed by atoms with Crippen molar-refractivity contribution in [1.29, 1.82) is 0 Å². The molecule has 2 rings (SSSR count). The normalized spacial score (nSPS) is 21.4.